The van der Waals surface area contributed by atoms with Crippen molar-refractivity contribution >= 4 is 11.5 Å². The number of alkyl halides is 2. The lowest BCUT2D eigenvalue weighted by Gasteiger charge is -2.11. The molecule has 1 N–H and O–H groups in total. The van der Waals surface area contributed by atoms with Crippen LogP contribution in [0.4, 0.5) is 14.5 Å². The molecule has 0 radical (unpaired) electrons. The number of Topliss-reactive ketones (excluding diaryl/α,β-unsaturated/α-hetero) is 1. The molecule has 0 aromatic heterocycles. The van der Waals surface area contributed by atoms with Crippen LogP contribution in [0.15, 0.2) is 24.3 Å². The summed E-state index contributed by atoms with van der Waals surface area (Å²) in [5.41, 5.74) is 1.36. The first kappa shape index (κ1) is 12.6. The summed E-state index contributed by atoms with van der Waals surface area (Å²) in [6.45, 7) is 2.59. The summed E-state index contributed by atoms with van der Waals surface area (Å²) >= 11 is 0. The number of carbonyl (C=O) groups is 1. The second-order valence-electron chi connectivity index (χ2n) is 3.88. The van der Waals surface area contributed by atoms with E-state index in [1.54, 1.807) is 24.3 Å². The van der Waals surface area contributed by atoms with Crippen molar-refractivity contribution in [3.05, 3.63) is 29.8 Å². The van der Waals surface area contributed by atoms with Gasteiger partial charge in [-0.3, -0.25) is 4.79 Å². The second kappa shape index (κ2) is 5.05. The van der Waals surface area contributed by atoms with Gasteiger partial charge in [0.25, 0.3) is 0 Å². The Hall–Kier alpha value is -1.45. The summed E-state index contributed by atoms with van der Waals surface area (Å²) in [6, 6.07) is 6.78. The first-order valence-electron chi connectivity index (χ1n) is 5.11. The van der Waals surface area contributed by atoms with Crippen LogP contribution in [-0.2, 0) is 0 Å². The first-order chi connectivity index (χ1) is 7.38. The van der Waals surface area contributed by atoms with Gasteiger partial charge in [-0.2, -0.15) is 0 Å². The van der Waals surface area contributed by atoms with Crippen molar-refractivity contribution in [2.24, 2.45) is 0 Å². The molecule has 16 heavy (non-hydrogen) atoms. The summed E-state index contributed by atoms with van der Waals surface area (Å²) in [4.78, 5) is 11.0. The predicted molar refractivity (Wildman–Crippen MR) is 60.2 cm³/mol. The fraction of sp³-hybridized carbons (Fsp3) is 0.417. The van der Waals surface area contributed by atoms with Crippen molar-refractivity contribution < 1.29 is 13.6 Å². The molecule has 88 valence electrons. The van der Waals surface area contributed by atoms with Crippen molar-refractivity contribution in [3.63, 3.8) is 0 Å². The molecular formula is C12H15F2NO. The number of nitrogens with one attached hydrogen (secondary N) is 1. The molecule has 0 aliphatic heterocycles. The zero-order chi connectivity index (χ0) is 12.2. The van der Waals surface area contributed by atoms with E-state index < -0.39 is 5.92 Å². The number of halogens is 2. The standard InChI is InChI=1S/C12H15F2NO/c1-9(16)10-3-5-11(6-4-10)15-8-7-12(2,13)14/h3-6,15H,7-8H2,1-2H3. The third-order valence-corrected chi connectivity index (χ3v) is 2.18. The summed E-state index contributed by atoms with van der Waals surface area (Å²) < 4.78 is 25.0. The van der Waals surface area contributed by atoms with E-state index in [-0.39, 0.29) is 18.7 Å². The number of carbonyl (C=O) groups excluding carboxylic acids is 1. The highest BCUT2D eigenvalue weighted by atomic mass is 19.3. The Labute approximate surface area is 93.7 Å². The molecule has 0 heterocycles. The average molecular weight is 227 g/mol. The van der Waals surface area contributed by atoms with E-state index in [1.165, 1.54) is 6.92 Å². The molecule has 0 bridgehead atoms. The Kier molecular flexibility index (Phi) is 3.99. The lowest BCUT2D eigenvalue weighted by molar-refractivity contribution is 0.0167. The topological polar surface area (TPSA) is 29.1 Å². The lowest BCUT2D eigenvalue weighted by Crippen LogP contribution is -2.16. The highest BCUT2D eigenvalue weighted by Crippen LogP contribution is 2.17. The molecule has 0 aliphatic carbocycles. The summed E-state index contributed by atoms with van der Waals surface area (Å²) in [7, 11) is 0. The van der Waals surface area contributed by atoms with Gasteiger partial charge in [0.2, 0.25) is 5.92 Å². The maximum Gasteiger partial charge on any atom is 0.247 e. The van der Waals surface area contributed by atoms with Crippen molar-refractivity contribution in [1.29, 1.82) is 0 Å². The van der Waals surface area contributed by atoms with Gasteiger partial charge >= 0.3 is 0 Å². The second-order valence-corrected chi connectivity index (χ2v) is 3.88. The van der Waals surface area contributed by atoms with Gasteiger partial charge in [-0.05, 0) is 38.1 Å². The van der Waals surface area contributed by atoms with E-state index >= 15 is 0 Å². The summed E-state index contributed by atoms with van der Waals surface area (Å²) in [5.74, 6) is -2.65. The van der Waals surface area contributed by atoms with Crippen LogP contribution in [-0.4, -0.2) is 18.3 Å². The van der Waals surface area contributed by atoms with E-state index in [4.69, 9.17) is 0 Å². The first-order valence-corrected chi connectivity index (χ1v) is 5.11. The average Bonchev–Trinajstić information content (AvgIpc) is 2.16. The zero-order valence-corrected chi connectivity index (χ0v) is 9.39. The molecule has 0 saturated heterocycles. The molecule has 0 amide bonds. The Morgan fingerprint density at radius 2 is 1.88 bits per heavy atom. The van der Waals surface area contributed by atoms with Crippen molar-refractivity contribution in [3.8, 4) is 0 Å². The molecule has 1 rings (SSSR count). The summed E-state index contributed by atoms with van der Waals surface area (Å²) in [6.07, 6.45) is -0.207. The Balaban J connectivity index is 2.47. The van der Waals surface area contributed by atoms with E-state index in [9.17, 15) is 13.6 Å². The Bertz CT molecular complexity index is 354. The third-order valence-electron chi connectivity index (χ3n) is 2.18. The smallest absolute Gasteiger partial charge is 0.247 e. The molecular weight excluding hydrogens is 212 g/mol. The molecule has 0 unspecified atom stereocenters. The number of ketones is 1. The number of hydrogen-bond donors (Lipinski definition) is 1. The van der Waals surface area contributed by atoms with Gasteiger partial charge in [-0.1, -0.05) is 0 Å². The summed E-state index contributed by atoms with van der Waals surface area (Å²) in [5, 5.41) is 2.88. The van der Waals surface area contributed by atoms with Crippen LogP contribution in [0.5, 0.6) is 0 Å². The minimum absolute atomic E-state index is 0.00774. The van der Waals surface area contributed by atoms with Gasteiger partial charge in [0.05, 0.1) is 0 Å². The fourth-order valence-electron chi connectivity index (χ4n) is 1.25. The van der Waals surface area contributed by atoms with E-state index in [2.05, 4.69) is 5.32 Å². The largest absolute Gasteiger partial charge is 0.385 e. The zero-order valence-electron chi connectivity index (χ0n) is 9.39. The van der Waals surface area contributed by atoms with Crippen molar-refractivity contribution in [2.45, 2.75) is 26.2 Å². The predicted octanol–water partition coefficient (Wildman–Crippen LogP) is 3.35. The van der Waals surface area contributed by atoms with Crippen LogP contribution in [0.1, 0.15) is 30.6 Å². The van der Waals surface area contributed by atoms with Gasteiger partial charge in [0.1, 0.15) is 0 Å². The molecule has 2 nitrogen and oxygen atoms in total. The maximum absolute atomic E-state index is 12.5. The maximum atomic E-state index is 12.5. The number of rotatable bonds is 5. The van der Waals surface area contributed by atoms with Crippen LogP contribution >= 0.6 is 0 Å². The third kappa shape index (κ3) is 4.38. The molecule has 0 fully saturated rings. The highest BCUT2D eigenvalue weighted by Gasteiger charge is 2.19. The van der Waals surface area contributed by atoms with Gasteiger partial charge in [-0.25, -0.2) is 8.78 Å². The Morgan fingerprint density at radius 3 is 2.31 bits per heavy atom. The van der Waals surface area contributed by atoms with E-state index in [0.29, 0.717) is 5.56 Å². The minimum Gasteiger partial charge on any atom is -0.385 e. The minimum atomic E-state index is -2.65. The molecule has 0 aliphatic rings. The fourth-order valence-corrected chi connectivity index (χ4v) is 1.25. The van der Waals surface area contributed by atoms with Crippen molar-refractivity contribution in [1.82, 2.24) is 0 Å². The van der Waals surface area contributed by atoms with Crippen LogP contribution < -0.4 is 5.32 Å². The van der Waals surface area contributed by atoms with Gasteiger partial charge in [0, 0.05) is 24.2 Å². The van der Waals surface area contributed by atoms with E-state index in [0.717, 1.165) is 12.6 Å². The van der Waals surface area contributed by atoms with Crippen molar-refractivity contribution in [2.75, 3.05) is 11.9 Å². The Morgan fingerprint density at radius 1 is 1.31 bits per heavy atom. The van der Waals surface area contributed by atoms with Crippen LogP contribution in [0.3, 0.4) is 0 Å². The highest BCUT2D eigenvalue weighted by molar-refractivity contribution is 5.94. The van der Waals surface area contributed by atoms with Gasteiger partial charge in [0.15, 0.2) is 5.78 Å². The molecule has 1 aromatic rings. The quantitative estimate of drug-likeness (QED) is 0.781. The van der Waals surface area contributed by atoms with Crippen LogP contribution in [0.2, 0.25) is 0 Å². The normalized spacial score (nSPS) is 11.2. The number of benzene rings is 1. The number of anilines is 1. The lowest BCUT2D eigenvalue weighted by atomic mass is 10.1. The molecule has 0 atom stereocenters. The SMILES string of the molecule is CC(=O)c1ccc(NCCC(C)(F)F)cc1. The molecule has 4 heteroatoms. The molecule has 0 saturated carbocycles. The van der Waals surface area contributed by atoms with Crippen LogP contribution in [0, 0.1) is 0 Å². The van der Waals surface area contributed by atoms with Gasteiger partial charge < -0.3 is 5.32 Å². The molecule has 1 aromatic carbocycles. The monoisotopic (exact) mass is 227 g/mol. The number of hydrogen-bond acceptors (Lipinski definition) is 2. The van der Waals surface area contributed by atoms with Crippen LogP contribution in [0.25, 0.3) is 0 Å². The van der Waals surface area contributed by atoms with Gasteiger partial charge in [-0.15, -0.1) is 0 Å². The molecule has 0 spiro atoms. The van der Waals surface area contributed by atoms with E-state index in [1.807, 2.05) is 0 Å².